The maximum atomic E-state index is 5.51. The number of rotatable bonds is 4. The molecule has 2 aliphatic rings. The molecule has 1 saturated heterocycles. The second-order valence-corrected chi connectivity index (χ2v) is 7.12. The minimum absolute atomic E-state index is 0.775. The second kappa shape index (κ2) is 7.08. The summed E-state index contributed by atoms with van der Waals surface area (Å²) in [6, 6.07) is 10.6. The second-order valence-electron chi connectivity index (χ2n) is 7.12. The number of aryl methyl sites for hydroxylation is 1. The third-order valence-electron chi connectivity index (χ3n) is 5.54. The van der Waals surface area contributed by atoms with E-state index in [4.69, 9.17) is 9.84 Å². The molecule has 0 bridgehead atoms. The topological polar surface area (TPSA) is 30.3 Å². The molecule has 4 nitrogen and oxygen atoms in total. The van der Waals surface area contributed by atoms with Crippen molar-refractivity contribution in [2.75, 3.05) is 32.8 Å². The molecular formula is C20H27N3O. The fourth-order valence-corrected chi connectivity index (χ4v) is 4.05. The Hall–Kier alpha value is -1.65. The first-order valence-corrected chi connectivity index (χ1v) is 9.21. The third kappa shape index (κ3) is 3.26. The van der Waals surface area contributed by atoms with Crippen LogP contribution in [0.1, 0.15) is 24.1 Å². The summed E-state index contributed by atoms with van der Waals surface area (Å²) >= 11 is 0. The van der Waals surface area contributed by atoms with Crippen LogP contribution in [0.2, 0.25) is 0 Å². The highest BCUT2D eigenvalue weighted by Gasteiger charge is 2.23. The van der Waals surface area contributed by atoms with E-state index in [-0.39, 0.29) is 0 Å². The Morgan fingerprint density at radius 1 is 1.17 bits per heavy atom. The Kier molecular flexibility index (Phi) is 4.67. The van der Waals surface area contributed by atoms with E-state index < -0.39 is 0 Å². The molecule has 0 N–H and O–H groups in total. The van der Waals surface area contributed by atoms with E-state index in [1.54, 1.807) is 0 Å². The van der Waals surface area contributed by atoms with Crippen LogP contribution in [0.15, 0.2) is 30.3 Å². The highest BCUT2D eigenvalue weighted by atomic mass is 16.5. The first kappa shape index (κ1) is 15.9. The zero-order valence-electron chi connectivity index (χ0n) is 14.6. The van der Waals surface area contributed by atoms with Gasteiger partial charge in [-0.1, -0.05) is 30.3 Å². The summed E-state index contributed by atoms with van der Waals surface area (Å²) in [5, 5.41) is 4.82. The average Bonchev–Trinajstić information content (AvgIpc) is 3.18. The molecule has 0 aliphatic carbocycles. The van der Waals surface area contributed by atoms with Crippen LogP contribution in [-0.2, 0) is 24.6 Å². The molecule has 2 aromatic rings. The van der Waals surface area contributed by atoms with Crippen molar-refractivity contribution in [1.29, 1.82) is 0 Å². The van der Waals surface area contributed by atoms with E-state index in [2.05, 4.69) is 47.0 Å². The van der Waals surface area contributed by atoms with Gasteiger partial charge in [0, 0.05) is 56.6 Å². The lowest BCUT2D eigenvalue weighted by Crippen LogP contribution is -2.29. The Labute approximate surface area is 144 Å². The van der Waals surface area contributed by atoms with E-state index in [1.165, 1.54) is 41.9 Å². The lowest BCUT2D eigenvalue weighted by Gasteiger charge is -2.21. The summed E-state index contributed by atoms with van der Waals surface area (Å²) in [6.45, 7) is 5.43. The molecule has 1 atom stereocenters. The van der Waals surface area contributed by atoms with Crippen LogP contribution in [0.25, 0.3) is 11.3 Å². The minimum Gasteiger partial charge on any atom is -0.381 e. The molecule has 1 fully saturated rings. The van der Waals surface area contributed by atoms with Crippen molar-refractivity contribution in [3.05, 3.63) is 41.6 Å². The standard InChI is InChI=1S/C20H27N3O/c1-22-19-9-13-23(11-7-16-10-14-24-15-16)12-8-18(19)20(21-22)17-5-3-2-4-6-17/h2-6,16H,7-15H2,1H3. The van der Waals surface area contributed by atoms with E-state index in [0.29, 0.717) is 0 Å². The summed E-state index contributed by atoms with van der Waals surface area (Å²) < 4.78 is 7.61. The quantitative estimate of drug-likeness (QED) is 0.866. The zero-order valence-corrected chi connectivity index (χ0v) is 14.6. The van der Waals surface area contributed by atoms with Gasteiger partial charge in [0.1, 0.15) is 0 Å². The van der Waals surface area contributed by atoms with Gasteiger partial charge in [0.2, 0.25) is 0 Å². The van der Waals surface area contributed by atoms with Gasteiger partial charge in [-0.2, -0.15) is 5.10 Å². The van der Waals surface area contributed by atoms with Crippen LogP contribution in [0.4, 0.5) is 0 Å². The molecule has 0 saturated carbocycles. The Morgan fingerprint density at radius 3 is 2.79 bits per heavy atom. The Bertz CT molecular complexity index is 674. The van der Waals surface area contributed by atoms with Crippen molar-refractivity contribution < 1.29 is 4.74 Å². The zero-order chi connectivity index (χ0) is 16.4. The van der Waals surface area contributed by atoms with Gasteiger partial charge < -0.3 is 9.64 Å². The number of aromatic nitrogens is 2. The highest BCUT2D eigenvalue weighted by molar-refractivity contribution is 5.64. The van der Waals surface area contributed by atoms with Crippen molar-refractivity contribution in [1.82, 2.24) is 14.7 Å². The molecule has 4 heteroatoms. The lowest BCUT2D eigenvalue weighted by atomic mass is 10.0. The molecule has 0 amide bonds. The van der Waals surface area contributed by atoms with Crippen LogP contribution >= 0.6 is 0 Å². The third-order valence-corrected chi connectivity index (χ3v) is 5.54. The van der Waals surface area contributed by atoms with E-state index >= 15 is 0 Å². The number of fused-ring (bicyclic) bond motifs is 1. The van der Waals surface area contributed by atoms with Crippen molar-refractivity contribution in [2.24, 2.45) is 13.0 Å². The SMILES string of the molecule is Cn1nc(-c2ccccc2)c2c1CCN(CCC1CCOC1)CC2. The van der Waals surface area contributed by atoms with Gasteiger partial charge >= 0.3 is 0 Å². The van der Waals surface area contributed by atoms with Gasteiger partial charge in [0.15, 0.2) is 0 Å². The molecule has 1 aromatic heterocycles. The number of nitrogens with zero attached hydrogens (tertiary/aromatic N) is 3. The average molecular weight is 325 g/mol. The molecule has 4 rings (SSSR count). The molecule has 2 aliphatic heterocycles. The van der Waals surface area contributed by atoms with Crippen LogP contribution in [0, 0.1) is 5.92 Å². The highest BCUT2D eigenvalue weighted by Crippen LogP contribution is 2.28. The van der Waals surface area contributed by atoms with Crippen LogP contribution < -0.4 is 0 Å². The summed E-state index contributed by atoms with van der Waals surface area (Å²) in [6.07, 6.45) is 4.73. The fraction of sp³-hybridized carbons (Fsp3) is 0.550. The number of benzene rings is 1. The van der Waals surface area contributed by atoms with Crippen molar-refractivity contribution in [3.63, 3.8) is 0 Å². The van der Waals surface area contributed by atoms with Gasteiger partial charge in [-0.3, -0.25) is 4.68 Å². The number of hydrogen-bond acceptors (Lipinski definition) is 3. The fourth-order valence-electron chi connectivity index (χ4n) is 4.05. The minimum atomic E-state index is 0.775. The normalized spacial score (nSPS) is 21.6. The maximum Gasteiger partial charge on any atom is 0.0958 e. The largest absolute Gasteiger partial charge is 0.381 e. The lowest BCUT2D eigenvalue weighted by molar-refractivity contribution is 0.178. The summed E-state index contributed by atoms with van der Waals surface area (Å²) in [5.41, 5.74) is 5.29. The molecule has 24 heavy (non-hydrogen) atoms. The van der Waals surface area contributed by atoms with Gasteiger partial charge in [-0.15, -0.1) is 0 Å². The summed E-state index contributed by atoms with van der Waals surface area (Å²) in [5.74, 6) is 0.775. The van der Waals surface area contributed by atoms with Gasteiger partial charge in [-0.05, 0) is 31.7 Å². The van der Waals surface area contributed by atoms with Crippen LogP contribution in [-0.4, -0.2) is 47.5 Å². The molecule has 1 unspecified atom stereocenters. The van der Waals surface area contributed by atoms with Crippen molar-refractivity contribution >= 4 is 0 Å². The summed E-state index contributed by atoms with van der Waals surface area (Å²) in [4.78, 5) is 2.63. The smallest absolute Gasteiger partial charge is 0.0958 e. The Morgan fingerprint density at radius 2 is 2.00 bits per heavy atom. The predicted molar refractivity (Wildman–Crippen MR) is 96.0 cm³/mol. The van der Waals surface area contributed by atoms with Crippen LogP contribution in [0.3, 0.4) is 0 Å². The molecule has 3 heterocycles. The van der Waals surface area contributed by atoms with E-state index in [1.807, 2.05) is 0 Å². The van der Waals surface area contributed by atoms with Gasteiger partial charge in [-0.25, -0.2) is 0 Å². The molecular weight excluding hydrogens is 298 g/mol. The first-order chi connectivity index (χ1) is 11.8. The van der Waals surface area contributed by atoms with Crippen LogP contribution in [0.5, 0.6) is 0 Å². The predicted octanol–water partition coefficient (Wildman–Crippen LogP) is 2.91. The molecule has 1 aromatic carbocycles. The maximum absolute atomic E-state index is 5.51. The number of ether oxygens (including phenoxy) is 1. The molecule has 128 valence electrons. The molecule has 0 spiro atoms. The monoisotopic (exact) mass is 325 g/mol. The van der Waals surface area contributed by atoms with E-state index in [0.717, 1.165) is 45.1 Å². The summed E-state index contributed by atoms with van der Waals surface area (Å²) in [7, 11) is 2.09. The van der Waals surface area contributed by atoms with Gasteiger partial charge in [0.25, 0.3) is 0 Å². The van der Waals surface area contributed by atoms with Gasteiger partial charge in [0.05, 0.1) is 5.69 Å². The van der Waals surface area contributed by atoms with E-state index in [9.17, 15) is 0 Å². The Balaban J connectivity index is 1.46. The van der Waals surface area contributed by atoms with Crippen molar-refractivity contribution in [3.8, 4) is 11.3 Å². The molecule has 0 radical (unpaired) electrons. The van der Waals surface area contributed by atoms with Crippen molar-refractivity contribution in [2.45, 2.75) is 25.7 Å². The first-order valence-electron chi connectivity index (χ1n) is 9.21. The number of hydrogen-bond donors (Lipinski definition) is 0.